The Bertz CT molecular complexity index is 2690. The van der Waals surface area contributed by atoms with E-state index in [0.717, 1.165) is 56.5 Å². The van der Waals surface area contributed by atoms with E-state index in [4.69, 9.17) is 9.73 Å². The van der Waals surface area contributed by atoms with Gasteiger partial charge in [0.1, 0.15) is 30.0 Å². The van der Waals surface area contributed by atoms with E-state index in [1.165, 1.54) is 51.5 Å². The van der Waals surface area contributed by atoms with Crippen molar-refractivity contribution in [3.05, 3.63) is 191 Å². The highest BCUT2D eigenvalue weighted by atomic mass is 16.5. The van der Waals surface area contributed by atoms with E-state index in [0.29, 0.717) is 17.8 Å². The summed E-state index contributed by atoms with van der Waals surface area (Å²) in [6, 6.07) is 16.7. The van der Waals surface area contributed by atoms with Gasteiger partial charge in [-0.15, -0.1) is 0 Å². The van der Waals surface area contributed by atoms with E-state index in [1.807, 2.05) is 0 Å². The van der Waals surface area contributed by atoms with Crippen LogP contribution in [0.4, 0.5) is 5.69 Å². The van der Waals surface area contributed by atoms with E-state index in [1.54, 1.807) is 5.57 Å². The van der Waals surface area contributed by atoms with E-state index in [2.05, 4.69) is 201 Å². The molecule has 10 aliphatic rings. The number of para-hydroxylation sites is 1. The number of hydrogen-bond acceptors (Lipinski definition) is 6. The van der Waals surface area contributed by atoms with Crippen molar-refractivity contribution in [1.82, 2.24) is 15.5 Å². The zero-order valence-electron chi connectivity index (χ0n) is 39.5. The molecule has 6 aliphatic carbocycles. The Balaban J connectivity index is 1.05. The average Bonchev–Trinajstić information content (AvgIpc) is 3.73. The van der Waals surface area contributed by atoms with Crippen LogP contribution in [0.15, 0.2) is 179 Å². The molecule has 4 aliphatic heterocycles. The van der Waals surface area contributed by atoms with Crippen molar-refractivity contribution in [2.45, 2.75) is 128 Å². The van der Waals surface area contributed by atoms with Crippen LogP contribution in [0.5, 0.6) is 5.75 Å². The van der Waals surface area contributed by atoms with Crippen molar-refractivity contribution in [3.8, 4) is 5.75 Å². The fourth-order valence-electron chi connectivity index (χ4n) is 13.8. The minimum absolute atomic E-state index is 0.0193. The molecule has 6 heteroatoms. The SMILES string of the molecule is C/C=C/C1=C(N2c3ccccc3C(C)(C)C3CCC=CC32)C=C(N2C3=C(CCC=C3)C(C)(C)C3C=CC=CC32)C(C2=NC(C3C=CC=CC3)NC(c3ccc4c(c3)C3CC=CCC3O4)N2)C1. The number of anilines is 1. The monoisotopic (exact) mass is 874 g/mol. The molecule has 0 spiro atoms. The van der Waals surface area contributed by atoms with Gasteiger partial charge in [0.25, 0.3) is 0 Å². The molecule has 6 nitrogen and oxygen atoms in total. The highest BCUT2D eigenvalue weighted by molar-refractivity contribution is 5.90. The van der Waals surface area contributed by atoms with Gasteiger partial charge in [0.15, 0.2) is 0 Å². The van der Waals surface area contributed by atoms with Gasteiger partial charge in [-0.2, -0.15) is 0 Å². The average molecular weight is 874 g/mol. The first-order valence-corrected chi connectivity index (χ1v) is 25.3. The molecular weight excluding hydrogens is 807 g/mol. The fourth-order valence-corrected chi connectivity index (χ4v) is 13.8. The Morgan fingerprint density at radius 2 is 1.67 bits per heavy atom. The number of aliphatic imine (C=N–C) groups is 1. The maximum atomic E-state index is 6.54. The third-order valence-corrected chi connectivity index (χ3v) is 17.3. The van der Waals surface area contributed by atoms with Crippen LogP contribution in [-0.4, -0.2) is 35.1 Å². The van der Waals surface area contributed by atoms with E-state index in [9.17, 15) is 0 Å². The Morgan fingerprint density at radius 1 is 0.803 bits per heavy atom. The van der Waals surface area contributed by atoms with Crippen LogP contribution in [0, 0.1) is 29.1 Å². The molecule has 0 radical (unpaired) electrons. The Kier molecular flexibility index (Phi) is 10.3. The third-order valence-electron chi connectivity index (χ3n) is 17.3. The molecule has 2 aromatic rings. The second-order valence-corrected chi connectivity index (χ2v) is 21.5. The summed E-state index contributed by atoms with van der Waals surface area (Å²) in [6.07, 6.45) is 48.7. The summed E-state index contributed by atoms with van der Waals surface area (Å²) in [5.41, 5.74) is 12.4. The molecule has 2 N–H and O–H groups in total. The molecule has 0 saturated carbocycles. The lowest BCUT2D eigenvalue weighted by Crippen LogP contribution is -2.56. The Morgan fingerprint density at radius 3 is 2.55 bits per heavy atom. The minimum atomic E-state index is -0.124. The molecule has 4 heterocycles. The molecule has 338 valence electrons. The van der Waals surface area contributed by atoms with Crippen molar-refractivity contribution in [2.75, 3.05) is 4.90 Å². The van der Waals surface area contributed by atoms with Crippen LogP contribution in [0.2, 0.25) is 0 Å². The van der Waals surface area contributed by atoms with Crippen molar-refractivity contribution >= 4 is 11.5 Å². The normalized spacial score (nSPS) is 34.2. The highest BCUT2D eigenvalue weighted by Gasteiger charge is 2.51. The predicted octanol–water partition coefficient (Wildman–Crippen LogP) is 12.9. The van der Waals surface area contributed by atoms with Gasteiger partial charge in [-0.05, 0) is 121 Å². The maximum absolute atomic E-state index is 6.54. The summed E-state index contributed by atoms with van der Waals surface area (Å²) < 4.78 is 6.54. The fraction of sp³-hybridized carbons (Fsp3) is 0.417. The highest BCUT2D eigenvalue weighted by Crippen LogP contribution is 2.56. The first kappa shape index (κ1) is 41.8. The summed E-state index contributed by atoms with van der Waals surface area (Å²) in [5, 5.41) is 8.23. The summed E-state index contributed by atoms with van der Waals surface area (Å²) in [5.74, 6) is 3.54. The Labute approximate surface area is 393 Å². The smallest absolute Gasteiger partial charge is 0.123 e. The first-order valence-electron chi connectivity index (χ1n) is 25.3. The van der Waals surface area contributed by atoms with Crippen LogP contribution >= 0.6 is 0 Å². The summed E-state index contributed by atoms with van der Waals surface area (Å²) in [7, 11) is 0. The molecular formula is C60H67N5O. The lowest BCUT2D eigenvalue weighted by Gasteiger charge is -2.55. The number of fused-ring (bicyclic) bond motifs is 6. The molecule has 0 amide bonds. The molecule has 12 rings (SSSR count). The van der Waals surface area contributed by atoms with E-state index < -0.39 is 0 Å². The van der Waals surface area contributed by atoms with E-state index in [-0.39, 0.29) is 53.2 Å². The third kappa shape index (κ3) is 6.71. The number of benzene rings is 2. The van der Waals surface area contributed by atoms with Crippen LogP contribution < -0.4 is 20.3 Å². The van der Waals surface area contributed by atoms with Gasteiger partial charge in [-0.25, -0.2) is 0 Å². The summed E-state index contributed by atoms with van der Waals surface area (Å²) in [4.78, 5) is 11.4. The number of amidine groups is 1. The van der Waals surface area contributed by atoms with E-state index >= 15 is 0 Å². The van der Waals surface area contributed by atoms with Crippen LogP contribution in [0.25, 0.3) is 0 Å². The van der Waals surface area contributed by atoms with Gasteiger partial charge in [0.2, 0.25) is 0 Å². The van der Waals surface area contributed by atoms with Gasteiger partial charge in [-0.3, -0.25) is 10.3 Å². The van der Waals surface area contributed by atoms with Crippen molar-refractivity contribution in [3.63, 3.8) is 0 Å². The first-order chi connectivity index (χ1) is 32.2. The van der Waals surface area contributed by atoms with Gasteiger partial charge in [-0.1, -0.05) is 143 Å². The molecule has 10 atom stereocenters. The molecule has 0 aromatic heterocycles. The lowest BCUT2D eigenvalue weighted by molar-refractivity contribution is 0.154. The molecule has 2 aromatic carbocycles. The van der Waals surface area contributed by atoms with Crippen molar-refractivity contribution in [2.24, 2.45) is 34.1 Å². The van der Waals surface area contributed by atoms with Crippen LogP contribution in [-0.2, 0) is 5.41 Å². The number of nitrogens with one attached hydrogen (secondary N) is 2. The van der Waals surface area contributed by atoms with Gasteiger partial charge in [0.05, 0.1) is 18.0 Å². The Hall–Kier alpha value is -5.59. The molecule has 0 fully saturated rings. The maximum Gasteiger partial charge on any atom is 0.123 e. The predicted molar refractivity (Wildman–Crippen MR) is 271 cm³/mol. The van der Waals surface area contributed by atoms with Gasteiger partial charge < -0.3 is 19.9 Å². The van der Waals surface area contributed by atoms with Crippen LogP contribution in [0.1, 0.15) is 115 Å². The number of rotatable bonds is 6. The standard InChI is InChI=1S/C60H67N5O/c1-6-20-39-35-43(58-62-56(38-21-8-7-9-22-38)61-57(63-58)40-33-34-55-42(36-40)41-23-10-19-32-54(41)66-55)53(65-50-30-17-13-26-46(50)60(4,5)47-27-14-18-31-51(47)65)37-52(39)64-48-28-15-11-24-44(48)59(2,3)45-25-12-16-29-49(45)64/h6-11,13,15-21,24,26,28-31,33-34,36-38,41,43,45-46,49-50,54,56-57,61H,12,14,22-23,25,27,32,35H2,1-5H3,(H,62,63)/b20-6+. The number of hydrogen-bond donors (Lipinski definition) is 2. The summed E-state index contributed by atoms with van der Waals surface area (Å²) >= 11 is 0. The zero-order valence-corrected chi connectivity index (χ0v) is 39.5. The molecule has 10 unspecified atom stereocenters. The van der Waals surface area contributed by atoms with Crippen molar-refractivity contribution < 1.29 is 4.74 Å². The number of allylic oxidation sites excluding steroid dienone is 14. The number of ether oxygens (including phenoxy) is 1. The van der Waals surface area contributed by atoms with Crippen LogP contribution in [0.3, 0.4) is 0 Å². The minimum Gasteiger partial charge on any atom is -0.489 e. The lowest BCUT2D eigenvalue weighted by atomic mass is 9.62. The van der Waals surface area contributed by atoms with Gasteiger partial charge in [0, 0.05) is 52.5 Å². The van der Waals surface area contributed by atoms with Crippen molar-refractivity contribution in [1.29, 1.82) is 0 Å². The largest absolute Gasteiger partial charge is 0.489 e. The number of nitrogens with zero attached hydrogens (tertiary/aromatic N) is 3. The van der Waals surface area contributed by atoms with Gasteiger partial charge >= 0.3 is 0 Å². The zero-order chi connectivity index (χ0) is 44.7. The molecule has 0 saturated heterocycles. The quantitative estimate of drug-likeness (QED) is 0.283. The molecule has 0 bridgehead atoms. The summed E-state index contributed by atoms with van der Waals surface area (Å²) in [6.45, 7) is 12.2. The topological polar surface area (TPSA) is 52.1 Å². The second-order valence-electron chi connectivity index (χ2n) is 21.5. The second kappa shape index (κ2) is 16.3. The molecule has 66 heavy (non-hydrogen) atoms.